The zero-order chi connectivity index (χ0) is 17.0. The van der Waals surface area contributed by atoms with E-state index in [0.29, 0.717) is 5.71 Å². The molecule has 1 aromatic heterocycles. The summed E-state index contributed by atoms with van der Waals surface area (Å²) in [5.74, 6) is 0. The highest BCUT2D eigenvalue weighted by atomic mass is 32.2. The molecule has 0 aliphatic carbocycles. The van der Waals surface area contributed by atoms with Crippen molar-refractivity contribution < 1.29 is 8.42 Å². The predicted octanol–water partition coefficient (Wildman–Crippen LogP) is 2.38. The second-order valence-electron chi connectivity index (χ2n) is 5.49. The molecule has 0 unspecified atom stereocenters. The first kappa shape index (κ1) is 17.2. The van der Waals surface area contributed by atoms with Crippen LogP contribution >= 0.6 is 0 Å². The number of hydrogen-bond acceptors (Lipinski definition) is 4. The van der Waals surface area contributed by atoms with Crippen molar-refractivity contribution >= 4 is 15.7 Å². The van der Waals surface area contributed by atoms with Crippen molar-refractivity contribution in [1.29, 1.82) is 0 Å². The van der Waals surface area contributed by atoms with E-state index in [0.717, 1.165) is 29.7 Å². The molecule has 0 bridgehead atoms. The largest absolute Gasteiger partial charge is 0.276 e. The Morgan fingerprint density at radius 1 is 1.30 bits per heavy atom. The fraction of sp³-hybridized carbons (Fsp3) is 0.375. The van der Waals surface area contributed by atoms with Crippen molar-refractivity contribution in [3.63, 3.8) is 0 Å². The highest BCUT2D eigenvalue weighted by Crippen LogP contribution is 2.12. The van der Waals surface area contributed by atoms with Gasteiger partial charge in [-0.1, -0.05) is 25.5 Å². The molecule has 124 valence electrons. The van der Waals surface area contributed by atoms with Gasteiger partial charge in [0.25, 0.3) is 10.0 Å². The van der Waals surface area contributed by atoms with Gasteiger partial charge in [-0.3, -0.25) is 4.68 Å². The van der Waals surface area contributed by atoms with Gasteiger partial charge in [-0.25, -0.2) is 0 Å². The van der Waals surface area contributed by atoms with Crippen LogP contribution in [0.1, 0.15) is 37.1 Å². The molecule has 2 rings (SSSR count). The molecule has 0 saturated heterocycles. The molecule has 1 heterocycles. The van der Waals surface area contributed by atoms with Crippen molar-refractivity contribution in [2.24, 2.45) is 12.1 Å². The van der Waals surface area contributed by atoms with Crippen LogP contribution in [-0.2, 0) is 23.5 Å². The van der Waals surface area contributed by atoms with Gasteiger partial charge in [0.05, 0.1) is 16.3 Å². The summed E-state index contributed by atoms with van der Waals surface area (Å²) in [6.07, 6.45) is 3.77. The fourth-order valence-corrected chi connectivity index (χ4v) is 3.18. The lowest BCUT2D eigenvalue weighted by Crippen LogP contribution is -2.20. The smallest absolute Gasteiger partial charge is 0.275 e. The van der Waals surface area contributed by atoms with Crippen molar-refractivity contribution in [3.05, 3.63) is 47.3 Å². The first-order valence-corrected chi connectivity index (χ1v) is 8.97. The highest BCUT2D eigenvalue weighted by molar-refractivity contribution is 7.89. The Kier molecular flexibility index (Phi) is 5.20. The van der Waals surface area contributed by atoms with Gasteiger partial charge in [0, 0.05) is 18.8 Å². The van der Waals surface area contributed by atoms with Crippen LogP contribution < -0.4 is 4.83 Å². The zero-order valence-electron chi connectivity index (χ0n) is 13.9. The minimum Gasteiger partial charge on any atom is -0.275 e. The lowest BCUT2D eigenvalue weighted by atomic mass is 10.1. The molecule has 1 aromatic carbocycles. The van der Waals surface area contributed by atoms with E-state index in [2.05, 4.69) is 22.0 Å². The predicted molar refractivity (Wildman–Crippen MR) is 90.9 cm³/mol. The Bertz CT molecular complexity index is 805. The molecule has 0 aliphatic rings. The summed E-state index contributed by atoms with van der Waals surface area (Å²) in [4.78, 5) is 2.49. The lowest BCUT2D eigenvalue weighted by molar-refractivity contribution is 0.584. The molecule has 23 heavy (non-hydrogen) atoms. The second-order valence-corrected chi connectivity index (χ2v) is 7.15. The van der Waals surface area contributed by atoms with E-state index >= 15 is 0 Å². The molecule has 0 aliphatic heterocycles. The molecular formula is C16H22N4O2S. The molecular weight excluding hydrogens is 312 g/mol. The number of hydrazone groups is 1. The van der Waals surface area contributed by atoms with Crippen molar-refractivity contribution in [1.82, 2.24) is 14.6 Å². The number of rotatable bonds is 6. The quantitative estimate of drug-likeness (QED) is 0.651. The Balaban J connectivity index is 2.17. The third-order valence-corrected chi connectivity index (χ3v) is 4.73. The summed E-state index contributed by atoms with van der Waals surface area (Å²) >= 11 is 0. The summed E-state index contributed by atoms with van der Waals surface area (Å²) in [6.45, 7) is 5.69. The van der Waals surface area contributed by atoms with Gasteiger partial charge in [-0.05, 0) is 38.0 Å². The summed E-state index contributed by atoms with van der Waals surface area (Å²) < 4.78 is 26.2. The van der Waals surface area contributed by atoms with Crippen LogP contribution in [0.4, 0.5) is 0 Å². The van der Waals surface area contributed by atoms with Crippen LogP contribution in [0.25, 0.3) is 0 Å². The van der Waals surface area contributed by atoms with E-state index in [4.69, 9.17) is 0 Å². The van der Waals surface area contributed by atoms with Gasteiger partial charge < -0.3 is 0 Å². The lowest BCUT2D eigenvalue weighted by Gasteiger charge is -2.06. The third kappa shape index (κ3) is 4.19. The molecule has 0 fully saturated rings. The van der Waals surface area contributed by atoms with E-state index in [9.17, 15) is 8.42 Å². The minimum atomic E-state index is -3.67. The number of nitrogens with zero attached hydrogens (tertiary/aromatic N) is 3. The van der Waals surface area contributed by atoms with E-state index in [1.165, 1.54) is 0 Å². The highest BCUT2D eigenvalue weighted by Gasteiger charge is 2.14. The molecule has 7 heteroatoms. The van der Waals surface area contributed by atoms with Gasteiger partial charge in [-0.2, -0.15) is 23.4 Å². The first-order chi connectivity index (χ1) is 10.8. The number of benzene rings is 1. The maximum Gasteiger partial charge on any atom is 0.276 e. The molecule has 0 spiro atoms. The Morgan fingerprint density at radius 2 is 1.96 bits per heavy atom. The van der Waals surface area contributed by atoms with E-state index in [1.807, 2.05) is 32.3 Å². The maximum atomic E-state index is 12.3. The van der Waals surface area contributed by atoms with Gasteiger partial charge in [0.1, 0.15) is 0 Å². The molecule has 2 aromatic rings. The average Bonchev–Trinajstić information content (AvgIpc) is 2.84. The number of aromatic nitrogens is 2. The Morgan fingerprint density at radius 3 is 2.48 bits per heavy atom. The summed E-state index contributed by atoms with van der Waals surface area (Å²) in [7, 11) is -1.85. The van der Waals surface area contributed by atoms with E-state index in [-0.39, 0.29) is 4.90 Å². The molecule has 0 saturated carbocycles. The molecule has 6 nitrogen and oxygen atoms in total. The van der Waals surface area contributed by atoms with Crippen LogP contribution in [0.15, 0.2) is 40.5 Å². The van der Waals surface area contributed by atoms with Gasteiger partial charge in [-0.15, -0.1) is 0 Å². The molecule has 0 radical (unpaired) electrons. The van der Waals surface area contributed by atoms with Gasteiger partial charge >= 0.3 is 0 Å². The fourth-order valence-electron chi connectivity index (χ4n) is 2.32. The van der Waals surface area contributed by atoms with E-state index in [1.54, 1.807) is 23.7 Å². The second kappa shape index (κ2) is 6.95. The number of nitrogens with one attached hydrogen (secondary N) is 1. The van der Waals surface area contributed by atoms with E-state index < -0.39 is 10.0 Å². The average molecular weight is 334 g/mol. The summed E-state index contributed by atoms with van der Waals surface area (Å²) in [5, 5.41) is 8.22. The Hall–Kier alpha value is -2.15. The monoisotopic (exact) mass is 334 g/mol. The maximum absolute atomic E-state index is 12.3. The topological polar surface area (TPSA) is 76.3 Å². The van der Waals surface area contributed by atoms with Gasteiger partial charge in [0.15, 0.2) is 0 Å². The number of sulfonamides is 1. The SMILES string of the molecule is CCCc1ccc(S(=O)(=O)NN=C(C)c2cn(C)nc2C)cc1. The van der Waals surface area contributed by atoms with Crippen LogP contribution in [0.2, 0.25) is 0 Å². The normalized spacial score (nSPS) is 12.4. The van der Waals surface area contributed by atoms with Crippen LogP contribution in [0.3, 0.4) is 0 Å². The first-order valence-electron chi connectivity index (χ1n) is 7.49. The molecule has 1 N–H and O–H groups in total. The van der Waals surface area contributed by atoms with Gasteiger partial charge in [0.2, 0.25) is 0 Å². The summed E-state index contributed by atoms with van der Waals surface area (Å²) in [6, 6.07) is 6.88. The van der Waals surface area contributed by atoms with Crippen molar-refractivity contribution in [3.8, 4) is 0 Å². The van der Waals surface area contributed by atoms with Crippen LogP contribution in [-0.4, -0.2) is 23.9 Å². The van der Waals surface area contributed by atoms with Crippen molar-refractivity contribution in [2.45, 2.75) is 38.5 Å². The standard InChI is InChI=1S/C16H22N4O2S/c1-5-6-14-7-9-15(10-8-14)23(21,22)19-17-12(2)16-11-20(4)18-13(16)3/h7-11,19H,5-6H2,1-4H3. The van der Waals surface area contributed by atoms with Crippen LogP contribution in [0, 0.1) is 6.92 Å². The Labute approximate surface area is 137 Å². The van der Waals surface area contributed by atoms with Crippen LogP contribution in [0.5, 0.6) is 0 Å². The minimum absolute atomic E-state index is 0.205. The number of hydrogen-bond donors (Lipinski definition) is 1. The molecule has 0 atom stereocenters. The summed E-state index contributed by atoms with van der Waals surface area (Å²) in [5.41, 5.74) is 3.31. The molecule has 0 amide bonds. The third-order valence-electron chi connectivity index (χ3n) is 3.51. The zero-order valence-corrected chi connectivity index (χ0v) is 14.7. The number of aryl methyl sites for hydroxylation is 3. The van der Waals surface area contributed by atoms with Crippen molar-refractivity contribution in [2.75, 3.05) is 0 Å².